The lowest BCUT2D eigenvalue weighted by Gasteiger charge is -2.12. The second-order valence-electron chi connectivity index (χ2n) is 11.3. The van der Waals surface area contributed by atoms with Gasteiger partial charge in [0.15, 0.2) is 0 Å². The van der Waals surface area contributed by atoms with Crippen molar-refractivity contribution >= 4 is 38.8 Å². The monoisotopic (exact) mass is 552 g/mol. The molecule has 0 radical (unpaired) electrons. The second kappa shape index (κ2) is 9.50. The average Bonchev–Trinajstić information content (AvgIpc) is 3.78. The number of aryl methyl sites for hydroxylation is 1. The standard InChI is InChI=1S/C40H28N2O/c1-5-13-35-31(9-1)32-10-2-6-14-36(32)41(35)29-21-17-27(18-22-29)39-25-26-40(43-39)28-19-23-30(24-20-28)42-37-15-7-3-11-33(37)34-12-4-8-16-38(34)42/h1-3,5-11,13-26H,4,12H2. The van der Waals surface area contributed by atoms with Crippen LogP contribution < -0.4 is 0 Å². The highest BCUT2D eigenvalue weighted by molar-refractivity contribution is 6.09. The molecule has 0 saturated heterocycles. The predicted octanol–water partition coefficient (Wildman–Crippen LogP) is 10.6. The number of allylic oxidation sites excluding steroid dienone is 1. The lowest BCUT2D eigenvalue weighted by atomic mass is 10.0. The van der Waals surface area contributed by atoms with Crippen molar-refractivity contribution < 1.29 is 4.42 Å². The number of para-hydroxylation sites is 3. The molecule has 0 spiro atoms. The first-order valence-corrected chi connectivity index (χ1v) is 14.9. The Kier molecular flexibility index (Phi) is 5.32. The Morgan fingerprint density at radius 2 is 0.953 bits per heavy atom. The molecule has 1 aliphatic carbocycles. The maximum absolute atomic E-state index is 6.39. The van der Waals surface area contributed by atoms with E-state index >= 15 is 0 Å². The van der Waals surface area contributed by atoms with Gasteiger partial charge in [0.25, 0.3) is 0 Å². The average molecular weight is 553 g/mol. The van der Waals surface area contributed by atoms with Crippen molar-refractivity contribution in [1.82, 2.24) is 9.13 Å². The summed E-state index contributed by atoms with van der Waals surface area (Å²) >= 11 is 0. The van der Waals surface area contributed by atoms with E-state index in [1.54, 1.807) is 0 Å². The van der Waals surface area contributed by atoms with Crippen molar-refractivity contribution in [1.29, 1.82) is 0 Å². The number of hydrogen-bond acceptors (Lipinski definition) is 1. The van der Waals surface area contributed by atoms with E-state index < -0.39 is 0 Å². The summed E-state index contributed by atoms with van der Waals surface area (Å²) in [5, 5.41) is 3.89. The fourth-order valence-electron chi connectivity index (χ4n) is 6.86. The van der Waals surface area contributed by atoms with E-state index in [-0.39, 0.29) is 0 Å². The minimum Gasteiger partial charge on any atom is -0.456 e. The molecule has 0 bridgehead atoms. The summed E-state index contributed by atoms with van der Waals surface area (Å²) in [6, 6.07) is 47.5. The van der Waals surface area contributed by atoms with Gasteiger partial charge < -0.3 is 13.6 Å². The van der Waals surface area contributed by atoms with E-state index in [4.69, 9.17) is 4.42 Å². The van der Waals surface area contributed by atoms with Crippen LogP contribution in [-0.4, -0.2) is 9.13 Å². The number of furan rings is 1. The molecule has 0 N–H and O–H groups in total. The zero-order chi connectivity index (χ0) is 28.3. The predicted molar refractivity (Wildman–Crippen MR) is 178 cm³/mol. The van der Waals surface area contributed by atoms with Gasteiger partial charge in [-0.3, -0.25) is 0 Å². The van der Waals surface area contributed by atoms with E-state index in [1.807, 2.05) is 0 Å². The largest absolute Gasteiger partial charge is 0.456 e. The quantitative estimate of drug-likeness (QED) is 0.213. The summed E-state index contributed by atoms with van der Waals surface area (Å²) in [7, 11) is 0. The fourth-order valence-corrected chi connectivity index (χ4v) is 6.86. The molecule has 204 valence electrons. The maximum atomic E-state index is 6.39. The summed E-state index contributed by atoms with van der Waals surface area (Å²) in [4.78, 5) is 0. The smallest absolute Gasteiger partial charge is 0.134 e. The zero-order valence-electron chi connectivity index (χ0n) is 23.6. The van der Waals surface area contributed by atoms with Gasteiger partial charge in [-0.25, -0.2) is 0 Å². The van der Waals surface area contributed by atoms with E-state index in [9.17, 15) is 0 Å². The molecule has 5 aromatic carbocycles. The van der Waals surface area contributed by atoms with Crippen LogP contribution in [0.3, 0.4) is 0 Å². The topological polar surface area (TPSA) is 23.0 Å². The number of benzene rings is 5. The first kappa shape index (κ1) is 24.1. The first-order valence-electron chi connectivity index (χ1n) is 14.9. The van der Waals surface area contributed by atoms with Gasteiger partial charge in [0.1, 0.15) is 11.5 Å². The van der Waals surface area contributed by atoms with Crippen molar-refractivity contribution in [3.8, 4) is 34.0 Å². The molecule has 8 aromatic rings. The number of fused-ring (bicyclic) bond motifs is 6. The van der Waals surface area contributed by atoms with Crippen LogP contribution in [0.5, 0.6) is 0 Å². The van der Waals surface area contributed by atoms with Gasteiger partial charge in [-0.05, 0) is 103 Å². The normalized spacial score (nSPS) is 12.8. The summed E-state index contributed by atoms with van der Waals surface area (Å²) in [6.45, 7) is 0. The van der Waals surface area contributed by atoms with Crippen LogP contribution >= 0.6 is 0 Å². The highest BCUT2D eigenvalue weighted by atomic mass is 16.3. The summed E-state index contributed by atoms with van der Waals surface area (Å²) in [5.74, 6) is 1.73. The van der Waals surface area contributed by atoms with Crippen LogP contribution in [0.25, 0.3) is 72.8 Å². The second-order valence-corrected chi connectivity index (χ2v) is 11.3. The molecular weight excluding hydrogens is 524 g/mol. The van der Waals surface area contributed by atoms with Gasteiger partial charge >= 0.3 is 0 Å². The lowest BCUT2D eigenvalue weighted by molar-refractivity contribution is 0.597. The Bertz CT molecular complexity index is 2270. The van der Waals surface area contributed by atoms with E-state index in [0.717, 1.165) is 41.2 Å². The summed E-state index contributed by atoms with van der Waals surface area (Å²) in [5.41, 5.74) is 10.9. The van der Waals surface area contributed by atoms with Crippen molar-refractivity contribution in [3.63, 3.8) is 0 Å². The highest BCUT2D eigenvalue weighted by Gasteiger charge is 2.18. The van der Waals surface area contributed by atoms with E-state index in [2.05, 4.69) is 155 Å². The Labute approximate surface area is 249 Å². The van der Waals surface area contributed by atoms with Crippen molar-refractivity contribution in [2.24, 2.45) is 0 Å². The molecule has 0 fully saturated rings. The summed E-state index contributed by atoms with van der Waals surface area (Å²) in [6.07, 6.45) is 6.75. The number of hydrogen-bond donors (Lipinski definition) is 0. The SMILES string of the molecule is C1=Cc2c(c3ccccc3n2-c2ccc(-c3ccc(-c4ccc(-n5c6ccccc6c6ccccc65)cc4)o3)cc2)CC1. The summed E-state index contributed by atoms with van der Waals surface area (Å²) < 4.78 is 11.1. The minimum atomic E-state index is 0.864. The fraction of sp³-hybridized carbons (Fsp3) is 0.0500. The molecule has 3 aromatic heterocycles. The zero-order valence-corrected chi connectivity index (χ0v) is 23.6. The Morgan fingerprint density at radius 3 is 1.53 bits per heavy atom. The van der Waals surface area contributed by atoms with E-state index in [0.29, 0.717) is 0 Å². The minimum absolute atomic E-state index is 0.864. The van der Waals surface area contributed by atoms with Crippen LogP contribution in [0.2, 0.25) is 0 Å². The third-order valence-electron chi connectivity index (χ3n) is 8.86. The van der Waals surface area contributed by atoms with Gasteiger partial charge in [0.2, 0.25) is 0 Å². The van der Waals surface area contributed by atoms with Crippen LogP contribution in [0.4, 0.5) is 0 Å². The van der Waals surface area contributed by atoms with Crippen molar-refractivity contribution in [2.75, 3.05) is 0 Å². The van der Waals surface area contributed by atoms with Crippen LogP contribution in [-0.2, 0) is 6.42 Å². The Hall–Kier alpha value is -5.54. The number of nitrogens with zero attached hydrogens (tertiary/aromatic N) is 2. The molecule has 0 amide bonds. The highest BCUT2D eigenvalue weighted by Crippen LogP contribution is 2.36. The first-order chi connectivity index (χ1) is 21.3. The molecule has 9 rings (SSSR count). The van der Waals surface area contributed by atoms with Crippen LogP contribution in [0.15, 0.2) is 144 Å². The molecule has 3 nitrogen and oxygen atoms in total. The van der Waals surface area contributed by atoms with Gasteiger partial charge in [-0.2, -0.15) is 0 Å². The molecule has 0 aliphatic heterocycles. The molecule has 0 atom stereocenters. The van der Waals surface area contributed by atoms with Crippen molar-refractivity contribution in [3.05, 3.63) is 151 Å². The molecule has 1 aliphatic rings. The van der Waals surface area contributed by atoms with Crippen molar-refractivity contribution in [2.45, 2.75) is 12.8 Å². The number of rotatable bonds is 4. The van der Waals surface area contributed by atoms with Gasteiger partial charge in [0, 0.05) is 44.4 Å². The third kappa shape index (κ3) is 3.75. The molecule has 3 heteroatoms. The van der Waals surface area contributed by atoms with E-state index in [1.165, 1.54) is 49.7 Å². The molecule has 0 saturated carbocycles. The van der Waals surface area contributed by atoms with Crippen LogP contribution in [0, 0.1) is 0 Å². The van der Waals surface area contributed by atoms with Crippen LogP contribution in [0.1, 0.15) is 17.7 Å². The molecule has 43 heavy (non-hydrogen) atoms. The van der Waals surface area contributed by atoms with Gasteiger partial charge in [-0.1, -0.05) is 60.7 Å². The Balaban J connectivity index is 1.04. The molecule has 0 unspecified atom stereocenters. The third-order valence-corrected chi connectivity index (χ3v) is 8.86. The molecular formula is C40H28N2O. The van der Waals surface area contributed by atoms with Gasteiger partial charge in [0.05, 0.1) is 16.6 Å². The molecule has 3 heterocycles. The maximum Gasteiger partial charge on any atom is 0.134 e. The lowest BCUT2D eigenvalue weighted by Crippen LogP contribution is -2.00. The number of aromatic nitrogens is 2. The Morgan fingerprint density at radius 1 is 0.465 bits per heavy atom. The van der Waals surface area contributed by atoms with Gasteiger partial charge in [-0.15, -0.1) is 0 Å².